The Morgan fingerprint density at radius 3 is 1.84 bits per heavy atom. The Balaban J connectivity index is 2.20. The molecule has 164 valence electrons. The maximum atomic E-state index is 9.08. The number of hydrogen-bond donors (Lipinski definition) is 0. The van der Waals surface area contributed by atoms with Gasteiger partial charge in [-0.2, -0.15) is 5.26 Å². The van der Waals surface area contributed by atoms with Crippen molar-refractivity contribution in [3.63, 3.8) is 0 Å². The van der Waals surface area contributed by atoms with Crippen LogP contribution < -0.4 is 0 Å². The standard InChI is InChI=1S/C30H39N/c1-7-25-19-27-28(30(10-4,11-5)17-16-29(27,8-2)9-3)20-26(25)22(6)18-23-12-14-24(21-31)15-13-23/h12-15,18-20H,7-11,16-17H2,1-6H3. The molecule has 0 saturated carbocycles. The number of benzene rings is 2. The van der Waals surface area contributed by atoms with E-state index in [-0.39, 0.29) is 0 Å². The van der Waals surface area contributed by atoms with Gasteiger partial charge in [0, 0.05) is 0 Å². The molecule has 0 saturated heterocycles. The van der Waals surface area contributed by atoms with E-state index < -0.39 is 0 Å². The lowest BCUT2D eigenvalue weighted by Gasteiger charge is -2.48. The lowest BCUT2D eigenvalue weighted by Crippen LogP contribution is -2.40. The summed E-state index contributed by atoms with van der Waals surface area (Å²) in [6, 6.07) is 15.3. The summed E-state index contributed by atoms with van der Waals surface area (Å²) in [5.74, 6) is 0. The van der Waals surface area contributed by atoms with Gasteiger partial charge in [-0.05, 0) is 108 Å². The molecule has 0 amide bonds. The molecule has 0 atom stereocenters. The predicted molar refractivity (Wildman–Crippen MR) is 134 cm³/mol. The third-order valence-electron chi connectivity index (χ3n) is 8.40. The third kappa shape index (κ3) is 4.10. The van der Waals surface area contributed by atoms with Crippen molar-refractivity contribution < 1.29 is 0 Å². The molecule has 3 rings (SSSR count). The van der Waals surface area contributed by atoms with Gasteiger partial charge in [-0.1, -0.05) is 65.0 Å². The van der Waals surface area contributed by atoms with Gasteiger partial charge in [0.05, 0.1) is 11.6 Å². The zero-order chi connectivity index (χ0) is 22.6. The summed E-state index contributed by atoms with van der Waals surface area (Å²) in [5.41, 5.74) is 9.94. The molecule has 0 heterocycles. The van der Waals surface area contributed by atoms with E-state index in [4.69, 9.17) is 5.26 Å². The molecule has 1 heteroatoms. The van der Waals surface area contributed by atoms with E-state index in [1.165, 1.54) is 55.2 Å². The zero-order valence-electron chi connectivity index (χ0n) is 20.4. The van der Waals surface area contributed by atoms with Crippen molar-refractivity contribution >= 4 is 11.6 Å². The molecule has 0 bridgehead atoms. The minimum Gasteiger partial charge on any atom is -0.192 e. The molecule has 2 aromatic rings. The Morgan fingerprint density at radius 2 is 1.39 bits per heavy atom. The monoisotopic (exact) mass is 413 g/mol. The van der Waals surface area contributed by atoms with Crippen LogP contribution in [0, 0.1) is 11.3 Å². The second kappa shape index (κ2) is 9.44. The average molecular weight is 414 g/mol. The molecule has 1 nitrogen and oxygen atoms in total. The lowest BCUT2D eigenvalue weighted by atomic mass is 9.56. The van der Waals surface area contributed by atoms with Gasteiger partial charge in [-0.15, -0.1) is 0 Å². The maximum Gasteiger partial charge on any atom is 0.0991 e. The Labute approximate surface area is 190 Å². The van der Waals surface area contributed by atoms with E-state index in [0.29, 0.717) is 16.4 Å². The predicted octanol–water partition coefficient (Wildman–Crippen LogP) is 8.59. The molecule has 31 heavy (non-hydrogen) atoms. The molecular formula is C30H39N. The Hall–Kier alpha value is -2.33. The highest BCUT2D eigenvalue weighted by molar-refractivity contribution is 5.82. The lowest BCUT2D eigenvalue weighted by molar-refractivity contribution is 0.239. The molecule has 0 radical (unpaired) electrons. The van der Waals surface area contributed by atoms with Crippen LogP contribution in [0.3, 0.4) is 0 Å². The van der Waals surface area contributed by atoms with Gasteiger partial charge >= 0.3 is 0 Å². The summed E-state index contributed by atoms with van der Waals surface area (Å²) in [6.45, 7) is 14.1. The van der Waals surface area contributed by atoms with Crippen LogP contribution in [-0.4, -0.2) is 0 Å². The summed E-state index contributed by atoms with van der Waals surface area (Å²) in [5, 5.41) is 9.08. The highest BCUT2D eigenvalue weighted by Gasteiger charge is 2.43. The van der Waals surface area contributed by atoms with E-state index in [0.717, 1.165) is 12.0 Å². The van der Waals surface area contributed by atoms with E-state index in [1.807, 2.05) is 24.3 Å². The first-order chi connectivity index (χ1) is 14.9. The summed E-state index contributed by atoms with van der Waals surface area (Å²) in [6.07, 6.45) is 10.8. The topological polar surface area (TPSA) is 23.8 Å². The number of hydrogen-bond acceptors (Lipinski definition) is 1. The second-order valence-electron chi connectivity index (χ2n) is 9.44. The van der Waals surface area contributed by atoms with E-state index >= 15 is 0 Å². The van der Waals surface area contributed by atoms with Crippen molar-refractivity contribution in [1.82, 2.24) is 0 Å². The van der Waals surface area contributed by atoms with Gasteiger partial charge in [0.1, 0.15) is 0 Å². The van der Waals surface area contributed by atoms with Crippen molar-refractivity contribution in [2.75, 3.05) is 0 Å². The molecule has 0 aliphatic heterocycles. The number of nitriles is 1. The van der Waals surface area contributed by atoms with Crippen LogP contribution in [0.1, 0.15) is 113 Å². The smallest absolute Gasteiger partial charge is 0.0991 e. The molecule has 2 aromatic carbocycles. The molecule has 1 aliphatic rings. The highest BCUT2D eigenvalue weighted by atomic mass is 14.5. The average Bonchev–Trinajstić information content (AvgIpc) is 2.83. The van der Waals surface area contributed by atoms with Gasteiger partial charge in [0.2, 0.25) is 0 Å². The first kappa shape index (κ1) is 23.3. The Bertz CT molecular complexity index is 976. The van der Waals surface area contributed by atoms with E-state index in [1.54, 1.807) is 11.1 Å². The zero-order valence-corrected chi connectivity index (χ0v) is 20.4. The first-order valence-corrected chi connectivity index (χ1v) is 12.3. The van der Waals surface area contributed by atoms with Gasteiger partial charge in [-0.3, -0.25) is 0 Å². The van der Waals surface area contributed by atoms with Crippen LogP contribution in [0.25, 0.3) is 11.6 Å². The summed E-state index contributed by atoms with van der Waals surface area (Å²) < 4.78 is 0. The number of rotatable bonds is 7. The molecule has 1 aliphatic carbocycles. The molecule has 0 unspecified atom stereocenters. The van der Waals surface area contributed by atoms with Crippen LogP contribution in [0.15, 0.2) is 36.4 Å². The second-order valence-corrected chi connectivity index (χ2v) is 9.44. The first-order valence-electron chi connectivity index (χ1n) is 12.3. The number of nitrogens with zero attached hydrogens (tertiary/aromatic N) is 1. The van der Waals surface area contributed by atoms with Gasteiger partial charge in [0.25, 0.3) is 0 Å². The number of fused-ring (bicyclic) bond motifs is 1. The molecule has 0 spiro atoms. The Kier molecular flexibility index (Phi) is 7.10. The third-order valence-corrected chi connectivity index (χ3v) is 8.40. The van der Waals surface area contributed by atoms with Crippen molar-refractivity contribution in [3.05, 3.63) is 69.8 Å². The molecule has 0 N–H and O–H groups in total. The van der Waals surface area contributed by atoms with Gasteiger partial charge in [0.15, 0.2) is 0 Å². The fourth-order valence-corrected chi connectivity index (χ4v) is 5.88. The normalized spacial score (nSPS) is 17.1. The van der Waals surface area contributed by atoms with Crippen molar-refractivity contribution in [1.29, 1.82) is 5.26 Å². The summed E-state index contributed by atoms with van der Waals surface area (Å²) >= 11 is 0. The van der Waals surface area contributed by atoms with Crippen molar-refractivity contribution in [2.45, 2.75) is 97.3 Å². The molecular weight excluding hydrogens is 374 g/mol. The van der Waals surface area contributed by atoms with Crippen LogP contribution >= 0.6 is 0 Å². The summed E-state index contributed by atoms with van der Waals surface area (Å²) in [7, 11) is 0. The fourth-order valence-electron chi connectivity index (χ4n) is 5.88. The van der Waals surface area contributed by atoms with Crippen LogP contribution in [-0.2, 0) is 17.3 Å². The number of allylic oxidation sites excluding steroid dienone is 1. The largest absolute Gasteiger partial charge is 0.192 e. The van der Waals surface area contributed by atoms with Crippen molar-refractivity contribution in [3.8, 4) is 6.07 Å². The van der Waals surface area contributed by atoms with Crippen LogP contribution in [0.4, 0.5) is 0 Å². The van der Waals surface area contributed by atoms with Gasteiger partial charge < -0.3 is 0 Å². The minimum atomic E-state index is 0.304. The summed E-state index contributed by atoms with van der Waals surface area (Å²) in [4.78, 5) is 0. The van der Waals surface area contributed by atoms with E-state index in [2.05, 4.69) is 65.8 Å². The fraction of sp³-hybridized carbons (Fsp3) is 0.500. The quantitative estimate of drug-likeness (QED) is 0.417. The SMILES string of the molecule is CCc1cc2c(cc1C(C)=Cc1ccc(C#N)cc1)C(CC)(CC)CCC2(CC)CC. The van der Waals surface area contributed by atoms with E-state index in [9.17, 15) is 0 Å². The Morgan fingerprint density at radius 1 is 0.871 bits per heavy atom. The van der Waals surface area contributed by atoms with Gasteiger partial charge in [-0.25, -0.2) is 0 Å². The van der Waals surface area contributed by atoms with Crippen LogP contribution in [0.5, 0.6) is 0 Å². The van der Waals surface area contributed by atoms with Crippen molar-refractivity contribution in [2.24, 2.45) is 0 Å². The maximum absolute atomic E-state index is 9.08. The van der Waals surface area contributed by atoms with Crippen LogP contribution in [0.2, 0.25) is 0 Å². The molecule has 0 aromatic heterocycles. The number of aryl methyl sites for hydroxylation is 1. The minimum absolute atomic E-state index is 0.304. The molecule has 0 fully saturated rings. The highest BCUT2D eigenvalue weighted by Crippen LogP contribution is 2.53.